The SMILES string of the molecule is CN(C)S(=O)(=O)c1cccc(NC(=O)C[NH+]2CCN(c3ncccn3)CC2)c1. The molecule has 1 saturated heterocycles. The molecule has 9 nitrogen and oxygen atoms in total. The van der Waals surface area contributed by atoms with Gasteiger partial charge in [-0.3, -0.25) is 4.79 Å². The third-order valence-corrected chi connectivity index (χ3v) is 6.42. The van der Waals surface area contributed by atoms with Crippen LogP contribution in [0.1, 0.15) is 0 Å². The number of quaternary nitrogens is 1. The fourth-order valence-corrected chi connectivity index (χ4v) is 3.98. The third-order valence-electron chi connectivity index (χ3n) is 4.61. The molecule has 1 aromatic heterocycles. The number of hydrogen-bond acceptors (Lipinski definition) is 6. The van der Waals surface area contributed by atoms with Crippen molar-refractivity contribution in [1.29, 1.82) is 0 Å². The first-order valence-corrected chi connectivity index (χ1v) is 10.5. The summed E-state index contributed by atoms with van der Waals surface area (Å²) in [6.07, 6.45) is 3.44. The maximum atomic E-state index is 12.4. The van der Waals surface area contributed by atoms with Gasteiger partial charge in [-0.2, -0.15) is 0 Å². The minimum atomic E-state index is -3.54. The number of sulfonamides is 1. The Morgan fingerprint density at radius 1 is 1.18 bits per heavy atom. The molecule has 0 radical (unpaired) electrons. The molecule has 2 aromatic rings. The van der Waals surface area contributed by atoms with Crippen LogP contribution in [0.15, 0.2) is 47.6 Å². The lowest BCUT2D eigenvalue weighted by Gasteiger charge is -2.31. The fourth-order valence-electron chi connectivity index (χ4n) is 3.03. The number of hydrogen-bond donors (Lipinski definition) is 2. The third kappa shape index (κ3) is 4.83. The number of carbonyl (C=O) groups is 1. The van der Waals surface area contributed by atoms with E-state index >= 15 is 0 Å². The minimum Gasteiger partial charge on any atom is -0.330 e. The number of carbonyl (C=O) groups excluding carboxylic acids is 1. The van der Waals surface area contributed by atoms with E-state index in [9.17, 15) is 13.2 Å². The first kappa shape index (κ1) is 20.2. The second kappa shape index (κ2) is 8.63. The average Bonchev–Trinajstić information content (AvgIpc) is 2.69. The van der Waals surface area contributed by atoms with Gasteiger partial charge in [0.15, 0.2) is 6.54 Å². The van der Waals surface area contributed by atoms with Crippen molar-refractivity contribution in [2.75, 3.05) is 57.0 Å². The van der Waals surface area contributed by atoms with Crippen LogP contribution in [0.3, 0.4) is 0 Å². The Morgan fingerprint density at radius 3 is 2.50 bits per heavy atom. The Bertz CT molecular complexity index is 912. The van der Waals surface area contributed by atoms with E-state index < -0.39 is 10.0 Å². The van der Waals surface area contributed by atoms with Crippen LogP contribution in [0, 0.1) is 0 Å². The molecule has 0 saturated carbocycles. The predicted octanol–water partition coefficient (Wildman–Crippen LogP) is -0.929. The van der Waals surface area contributed by atoms with E-state index in [1.807, 2.05) is 0 Å². The topological polar surface area (TPSA) is 99.9 Å². The van der Waals surface area contributed by atoms with Gasteiger partial charge in [0.1, 0.15) is 0 Å². The van der Waals surface area contributed by atoms with Crippen molar-refractivity contribution in [3.63, 3.8) is 0 Å². The van der Waals surface area contributed by atoms with Gasteiger partial charge in [-0.05, 0) is 24.3 Å². The monoisotopic (exact) mass is 405 g/mol. The maximum absolute atomic E-state index is 12.4. The van der Waals surface area contributed by atoms with Crippen molar-refractivity contribution in [3.8, 4) is 0 Å². The van der Waals surface area contributed by atoms with E-state index in [1.165, 1.54) is 31.1 Å². The molecule has 3 rings (SSSR count). The summed E-state index contributed by atoms with van der Waals surface area (Å²) in [5, 5.41) is 2.80. The molecule has 150 valence electrons. The molecule has 0 atom stereocenters. The molecule has 0 spiro atoms. The summed E-state index contributed by atoms with van der Waals surface area (Å²) < 4.78 is 25.6. The van der Waals surface area contributed by atoms with Crippen molar-refractivity contribution >= 4 is 27.6 Å². The largest absolute Gasteiger partial charge is 0.330 e. The van der Waals surface area contributed by atoms with Crippen LogP contribution in [0.25, 0.3) is 0 Å². The Kier molecular flexibility index (Phi) is 6.22. The summed E-state index contributed by atoms with van der Waals surface area (Å²) in [6, 6.07) is 8.09. The minimum absolute atomic E-state index is 0.140. The summed E-state index contributed by atoms with van der Waals surface area (Å²) in [5.41, 5.74) is 0.476. The zero-order valence-electron chi connectivity index (χ0n) is 16.0. The highest BCUT2D eigenvalue weighted by molar-refractivity contribution is 7.89. The second-order valence-electron chi connectivity index (χ2n) is 6.83. The van der Waals surface area contributed by atoms with E-state index in [2.05, 4.69) is 20.2 Å². The average molecular weight is 406 g/mol. The van der Waals surface area contributed by atoms with E-state index in [0.717, 1.165) is 30.5 Å². The standard InChI is InChI=1S/C18H24N6O3S/c1-22(2)28(26,27)16-6-3-5-15(13-16)21-17(25)14-23-9-11-24(12-10-23)18-19-7-4-8-20-18/h3-8,13H,9-12,14H2,1-2H3,(H,21,25)/p+1. The fraction of sp³-hybridized carbons (Fsp3) is 0.389. The summed E-state index contributed by atoms with van der Waals surface area (Å²) >= 11 is 0. The molecule has 1 aliphatic heterocycles. The van der Waals surface area contributed by atoms with Gasteiger partial charge >= 0.3 is 0 Å². The lowest BCUT2D eigenvalue weighted by atomic mass is 10.3. The number of nitrogens with one attached hydrogen (secondary N) is 2. The molecule has 0 unspecified atom stereocenters. The molecule has 2 heterocycles. The zero-order valence-corrected chi connectivity index (χ0v) is 16.8. The molecule has 10 heteroatoms. The van der Waals surface area contributed by atoms with Gasteiger partial charge in [0.05, 0.1) is 31.1 Å². The highest BCUT2D eigenvalue weighted by Crippen LogP contribution is 2.17. The maximum Gasteiger partial charge on any atom is 0.279 e. The van der Waals surface area contributed by atoms with Crippen LogP contribution >= 0.6 is 0 Å². The van der Waals surface area contributed by atoms with Gasteiger partial charge in [0.25, 0.3) is 5.91 Å². The van der Waals surface area contributed by atoms with Crippen molar-refractivity contribution in [2.45, 2.75) is 4.90 Å². The Labute approximate surface area is 165 Å². The second-order valence-corrected chi connectivity index (χ2v) is 8.98. The Morgan fingerprint density at radius 2 is 1.86 bits per heavy atom. The molecule has 0 bridgehead atoms. The Hall–Kier alpha value is -2.56. The van der Waals surface area contributed by atoms with Gasteiger partial charge < -0.3 is 15.1 Å². The molecule has 0 aliphatic carbocycles. The van der Waals surface area contributed by atoms with Crippen LogP contribution in [-0.4, -0.2) is 75.4 Å². The molecular weight excluding hydrogens is 380 g/mol. The summed E-state index contributed by atoms with van der Waals surface area (Å²) in [4.78, 5) is 24.3. The number of aromatic nitrogens is 2. The van der Waals surface area contributed by atoms with Crippen LogP contribution in [0.4, 0.5) is 11.6 Å². The first-order valence-electron chi connectivity index (χ1n) is 9.04. The molecule has 1 fully saturated rings. The molecule has 1 amide bonds. The number of anilines is 2. The number of benzene rings is 1. The lowest BCUT2D eigenvalue weighted by molar-refractivity contribution is -0.892. The number of nitrogens with zero attached hydrogens (tertiary/aromatic N) is 4. The summed E-state index contributed by atoms with van der Waals surface area (Å²) in [5.74, 6) is 0.573. The quantitative estimate of drug-likeness (QED) is 0.644. The summed E-state index contributed by atoms with van der Waals surface area (Å²) in [7, 11) is -0.583. The van der Waals surface area contributed by atoms with Crippen molar-refractivity contribution in [2.24, 2.45) is 0 Å². The summed E-state index contributed by atoms with van der Waals surface area (Å²) in [6.45, 7) is 3.50. The predicted molar refractivity (Wildman–Crippen MR) is 106 cm³/mol. The highest BCUT2D eigenvalue weighted by Gasteiger charge is 2.24. The normalized spacial score (nSPS) is 15.6. The highest BCUT2D eigenvalue weighted by atomic mass is 32.2. The number of rotatable bonds is 6. The number of piperazine rings is 1. The molecule has 1 aliphatic rings. The zero-order chi connectivity index (χ0) is 20.1. The van der Waals surface area contributed by atoms with Gasteiger partial charge in [-0.1, -0.05) is 6.07 Å². The molecule has 1 aromatic carbocycles. The smallest absolute Gasteiger partial charge is 0.279 e. The van der Waals surface area contributed by atoms with Gasteiger partial charge in [-0.15, -0.1) is 0 Å². The number of amides is 1. The molecule has 28 heavy (non-hydrogen) atoms. The van der Waals surface area contributed by atoms with Crippen molar-refractivity contribution in [3.05, 3.63) is 42.7 Å². The van der Waals surface area contributed by atoms with E-state index in [4.69, 9.17) is 0 Å². The van der Waals surface area contributed by atoms with Crippen LogP contribution < -0.4 is 15.1 Å². The molecule has 2 N–H and O–H groups in total. The molecular formula is C18H25N6O3S+. The van der Waals surface area contributed by atoms with Crippen LogP contribution in [0.5, 0.6) is 0 Å². The lowest BCUT2D eigenvalue weighted by Crippen LogP contribution is -3.15. The van der Waals surface area contributed by atoms with Gasteiger partial charge in [0, 0.05) is 32.2 Å². The van der Waals surface area contributed by atoms with Crippen LogP contribution in [-0.2, 0) is 14.8 Å². The van der Waals surface area contributed by atoms with Crippen molar-refractivity contribution in [1.82, 2.24) is 14.3 Å². The Balaban J connectivity index is 1.54. The first-order chi connectivity index (χ1) is 13.4. The van der Waals surface area contributed by atoms with Crippen molar-refractivity contribution < 1.29 is 18.1 Å². The van der Waals surface area contributed by atoms with Crippen LogP contribution in [0.2, 0.25) is 0 Å². The van der Waals surface area contributed by atoms with Gasteiger partial charge in [-0.25, -0.2) is 22.7 Å². The van der Waals surface area contributed by atoms with Gasteiger partial charge in [0.2, 0.25) is 16.0 Å². The van der Waals surface area contributed by atoms with E-state index in [0.29, 0.717) is 18.2 Å². The van der Waals surface area contributed by atoms with E-state index in [1.54, 1.807) is 30.6 Å². The van der Waals surface area contributed by atoms with E-state index in [-0.39, 0.29) is 10.8 Å².